The Morgan fingerprint density at radius 2 is 0.982 bits per heavy atom. The first-order valence-electron chi connectivity index (χ1n) is 18.6. The van der Waals surface area contributed by atoms with Gasteiger partial charge in [0.15, 0.2) is 5.58 Å². The number of rotatable bonds is 2. The number of nitrogens with zero attached hydrogens (tertiary/aromatic N) is 3. The summed E-state index contributed by atoms with van der Waals surface area (Å²) in [6, 6.07) is 57.8. The van der Waals surface area contributed by atoms with E-state index in [2.05, 4.69) is 126 Å². The average Bonchev–Trinajstić information content (AvgIpc) is 3.92. The minimum absolute atomic E-state index is 0.582. The Labute approximate surface area is 312 Å². The molecule has 5 nitrogen and oxygen atoms in total. The topological polar surface area (TPSA) is 57.0 Å². The third-order valence-electron chi connectivity index (χ3n) is 11.6. The molecular formula is C50H27N3O2. The van der Waals surface area contributed by atoms with Crippen molar-refractivity contribution in [3.05, 3.63) is 164 Å². The maximum absolute atomic E-state index is 6.66. The normalized spacial score (nSPS) is 12.4. The lowest BCUT2D eigenvalue weighted by Crippen LogP contribution is -2.03. The fourth-order valence-electron chi connectivity index (χ4n) is 9.24. The second-order valence-electron chi connectivity index (χ2n) is 14.5. The monoisotopic (exact) mass is 701 g/mol. The van der Waals surface area contributed by atoms with Crippen LogP contribution in [0.25, 0.3) is 126 Å². The number of aromatic nitrogens is 3. The summed E-state index contributed by atoms with van der Waals surface area (Å²) < 4.78 is 15.3. The molecule has 4 aromatic heterocycles. The molecule has 0 saturated heterocycles. The van der Waals surface area contributed by atoms with Crippen molar-refractivity contribution < 1.29 is 8.83 Å². The lowest BCUT2D eigenvalue weighted by atomic mass is 9.91. The van der Waals surface area contributed by atoms with Gasteiger partial charge < -0.3 is 8.83 Å². The Morgan fingerprint density at radius 1 is 0.382 bits per heavy atom. The molecule has 0 aliphatic rings. The lowest BCUT2D eigenvalue weighted by Gasteiger charge is -2.13. The fourth-order valence-corrected chi connectivity index (χ4v) is 9.24. The van der Waals surface area contributed by atoms with Crippen molar-refractivity contribution in [2.75, 3.05) is 0 Å². The minimum atomic E-state index is 0.582. The van der Waals surface area contributed by atoms with Gasteiger partial charge in [0.05, 0.1) is 11.0 Å². The van der Waals surface area contributed by atoms with Gasteiger partial charge in [0.1, 0.15) is 28.0 Å². The number of hydrogen-bond donors (Lipinski definition) is 0. The third kappa shape index (κ3) is 3.86. The summed E-state index contributed by atoms with van der Waals surface area (Å²) >= 11 is 0. The molecule has 0 N–H and O–H groups in total. The summed E-state index contributed by atoms with van der Waals surface area (Å²) in [7, 11) is 0. The molecule has 0 aliphatic heterocycles. The highest BCUT2D eigenvalue weighted by Gasteiger charge is 2.25. The maximum atomic E-state index is 6.66. The zero-order chi connectivity index (χ0) is 35.8. The van der Waals surface area contributed by atoms with Crippen LogP contribution in [0.3, 0.4) is 0 Å². The van der Waals surface area contributed by atoms with Crippen molar-refractivity contribution in [1.82, 2.24) is 14.5 Å². The van der Waals surface area contributed by atoms with E-state index in [-0.39, 0.29) is 0 Å². The molecular weight excluding hydrogens is 675 g/mol. The van der Waals surface area contributed by atoms with Crippen molar-refractivity contribution >= 4 is 109 Å². The average molecular weight is 702 g/mol. The molecule has 0 spiro atoms. The van der Waals surface area contributed by atoms with Gasteiger partial charge in [-0.15, -0.1) is 0 Å². The van der Waals surface area contributed by atoms with Crippen molar-refractivity contribution in [3.8, 4) is 17.2 Å². The van der Waals surface area contributed by atoms with Gasteiger partial charge in [-0.05, 0) is 80.2 Å². The summed E-state index contributed by atoms with van der Waals surface area (Å²) in [5.41, 5.74) is 7.58. The van der Waals surface area contributed by atoms with Gasteiger partial charge in [0, 0.05) is 37.9 Å². The van der Waals surface area contributed by atoms with E-state index < -0.39 is 0 Å². The van der Waals surface area contributed by atoms with Gasteiger partial charge >= 0.3 is 0 Å². The Balaban J connectivity index is 1.24. The Morgan fingerprint density at radius 3 is 1.76 bits per heavy atom. The van der Waals surface area contributed by atoms with Gasteiger partial charge in [-0.1, -0.05) is 121 Å². The third-order valence-corrected chi connectivity index (χ3v) is 11.6. The van der Waals surface area contributed by atoms with Gasteiger partial charge in [0.25, 0.3) is 0 Å². The highest BCUT2D eigenvalue weighted by atomic mass is 16.3. The standard InChI is InChI=1S/C50H27N3O2/c1-2-13-29-27-40-38(26-28(29)12-1)46-39(25-24-34-32-16-4-3-14-30(32)31-15-5-6-17-33(31)45(34)46)53(40)50-51-47-36-19-8-10-22-42(36)55-49(47)48(52-50)37-20-11-23-43-44(37)35-18-7-9-21-41(35)54-43/h1-27H. The number of benzene rings is 9. The molecule has 0 radical (unpaired) electrons. The molecule has 254 valence electrons. The first-order chi connectivity index (χ1) is 27.3. The molecule has 0 bridgehead atoms. The molecule has 0 saturated carbocycles. The van der Waals surface area contributed by atoms with Crippen molar-refractivity contribution in [2.45, 2.75) is 0 Å². The van der Waals surface area contributed by atoms with Crippen LogP contribution in [0.4, 0.5) is 0 Å². The molecule has 0 unspecified atom stereocenters. The summed E-state index contributed by atoms with van der Waals surface area (Å²) in [5.74, 6) is 0.582. The lowest BCUT2D eigenvalue weighted by molar-refractivity contribution is 0.666. The molecule has 4 heterocycles. The zero-order valence-electron chi connectivity index (χ0n) is 29.2. The van der Waals surface area contributed by atoms with Crippen LogP contribution >= 0.6 is 0 Å². The minimum Gasteiger partial charge on any atom is -0.456 e. The SMILES string of the molecule is c1ccc2cc3c(cc2c1)c1c2c4ccccc4c4ccccc4c2ccc1n3-c1nc(-c2cccc3oc4ccccc4c23)c2oc3ccccc3c2n1. The molecule has 0 atom stereocenters. The van der Waals surface area contributed by atoms with Crippen LogP contribution in [0.1, 0.15) is 0 Å². The number of hydrogen-bond acceptors (Lipinski definition) is 4. The zero-order valence-corrected chi connectivity index (χ0v) is 29.2. The molecule has 55 heavy (non-hydrogen) atoms. The summed E-state index contributed by atoms with van der Waals surface area (Å²) in [5, 5.41) is 15.1. The second-order valence-corrected chi connectivity index (χ2v) is 14.5. The predicted octanol–water partition coefficient (Wildman–Crippen LogP) is 13.7. The quantitative estimate of drug-likeness (QED) is 0.168. The van der Waals surface area contributed by atoms with Crippen LogP contribution < -0.4 is 0 Å². The van der Waals surface area contributed by atoms with Crippen LogP contribution in [0.5, 0.6) is 0 Å². The number of furan rings is 2. The summed E-state index contributed by atoms with van der Waals surface area (Å²) in [6.45, 7) is 0. The van der Waals surface area contributed by atoms with Crippen LogP contribution in [-0.4, -0.2) is 14.5 Å². The molecule has 13 aromatic rings. The van der Waals surface area contributed by atoms with Crippen LogP contribution in [0.15, 0.2) is 173 Å². The van der Waals surface area contributed by atoms with Gasteiger partial charge in [0.2, 0.25) is 5.95 Å². The van der Waals surface area contributed by atoms with Crippen molar-refractivity contribution in [3.63, 3.8) is 0 Å². The van der Waals surface area contributed by atoms with E-state index in [1.807, 2.05) is 42.5 Å². The van der Waals surface area contributed by atoms with Crippen molar-refractivity contribution in [1.29, 1.82) is 0 Å². The smallest absolute Gasteiger partial charge is 0.236 e. The largest absolute Gasteiger partial charge is 0.456 e. The van der Waals surface area contributed by atoms with Gasteiger partial charge in [-0.2, -0.15) is 0 Å². The van der Waals surface area contributed by atoms with Crippen LogP contribution in [0, 0.1) is 0 Å². The first kappa shape index (κ1) is 29.0. The van der Waals surface area contributed by atoms with E-state index in [0.717, 1.165) is 71.5 Å². The van der Waals surface area contributed by atoms with Crippen molar-refractivity contribution in [2.24, 2.45) is 0 Å². The van der Waals surface area contributed by atoms with E-state index in [0.29, 0.717) is 11.5 Å². The highest BCUT2D eigenvalue weighted by Crippen LogP contribution is 2.45. The molecule has 0 fully saturated rings. The van der Waals surface area contributed by atoms with E-state index in [1.165, 1.54) is 43.1 Å². The predicted molar refractivity (Wildman–Crippen MR) is 226 cm³/mol. The maximum Gasteiger partial charge on any atom is 0.236 e. The molecule has 0 aliphatic carbocycles. The Hall–Kier alpha value is -7.50. The van der Waals surface area contributed by atoms with Crippen LogP contribution in [0.2, 0.25) is 0 Å². The molecule has 0 amide bonds. The number of para-hydroxylation sites is 2. The first-order valence-corrected chi connectivity index (χ1v) is 18.6. The fraction of sp³-hybridized carbons (Fsp3) is 0. The summed E-state index contributed by atoms with van der Waals surface area (Å²) in [4.78, 5) is 11.0. The number of fused-ring (bicyclic) bond motifs is 17. The molecule has 9 aromatic carbocycles. The van der Waals surface area contributed by atoms with Gasteiger partial charge in [-0.3, -0.25) is 4.57 Å². The van der Waals surface area contributed by atoms with Gasteiger partial charge in [-0.25, -0.2) is 9.97 Å². The summed E-state index contributed by atoms with van der Waals surface area (Å²) in [6.07, 6.45) is 0. The van der Waals surface area contributed by atoms with E-state index in [1.54, 1.807) is 0 Å². The molecule has 13 rings (SSSR count). The van der Waals surface area contributed by atoms with Crippen LogP contribution in [-0.2, 0) is 0 Å². The Kier molecular flexibility index (Phi) is 5.57. The molecule has 5 heteroatoms. The highest BCUT2D eigenvalue weighted by molar-refractivity contribution is 6.35. The van der Waals surface area contributed by atoms with E-state index in [9.17, 15) is 0 Å². The van der Waals surface area contributed by atoms with E-state index in [4.69, 9.17) is 18.8 Å². The Bertz CT molecular complexity index is 3760. The van der Waals surface area contributed by atoms with E-state index >= 15 is 0 Å². The second kappa shape index (κ2) is 10.6.